The van der Waals surface area contributed by atoms with Gasteiger partial charge in [-0.1, -0.05) is 42.5 Å². The number of halogens is 1. The van der Waals surface area contributed by atoms with Gasteiger partial charge in [-0.15, -0.1) is 0 Å². The molecule has 2 aromatic carbocycles. The summed E-state index contributed by atoms with van der Waals surface area (Å²) in [6, 6.07) is 15.4. The number of hydrogen-bond acceptors (Lipinski definition) is 3. The quantitative estimate of drug-likeness (QED) is 0.885. The van der Waals surface area contributed by atoms with Crippen molar-refractivity contribution in [1.29, 1.82) is 0 Å². The highest BCUT2D eigenvalue weighted by molar-refractivity contribution is 5.88. The maximum Gasteiger partial charge on any atom is 0.252 e. The van der Waals surface area contributed by atoms with E-state index in [0.29, 0.717) is 25.2 Å². The molecule has 0 aromatic heterocycles. The lowest BCUT2D eigenvalue weighted by Crippen LogP contribution is -2.54. The fourth-order valence-corrected chi connectivity index (χ4v) is 3.05. The predicted molar refractivity (Wildman–Crippen MR) is 94.5 cm³/mol. The van der Waals surface area contributed by atoms with Crippen LogP contribution in [0.3, 0.4) is 0 Å². The van der Waals surface area contributed by atoms with Gasteiger partial charge in [-0.3, -0.25) is 9.59 Å². The van der Waals surface area contributed by atoms with Crippen LogP contribution in [0.2, 0.25) is 0 Å². The fourth-order valence-electron chi connectivity index (χ4n) is 3.05. The van der Waals surface area contributed by atoms with E-state index in [9.17, 15) is 19.1 Å². The molecule has 1 N–H and O–H groups in total. The summed E-state index contributed by atoms with van der Waals surface area (Å²) in [5.74, 6) is -0.985. The number of aliphatic hydroxyl groups excluding tert-OH is 1. The summed E-state index contributed by atoms with van der Waals surface area (Å²) in [5, 5.41) is 10.2. The second kappa shape index (κ2) is 8.10. The third kappa shape index (κ3) is 4.46. The third-order valence-corrected chi connectivity index (χ3v) is 4.45. The van der Waals surface area contributed by atoms with Gasteiger partial charge in [0.1, 0.15) is 11.9 Å². The van der Waals surface area contributed by atoms with Gasteiger partial charge >= 0.3 is 0 Å². The Bertz CT molecular complexity index is 782. The number of benzene rings is 2. The molecule has 2 aromatic rings. The molecule has 0 spiro atoms. The highest BCUT2D eigenvalue weighted by Crippen LogP contribution is 2.13. The lowest BCUT2D eigenvalue weighted by Gasteiger charge is -2.35. The largest absolute Gasteiger partial charge is 0.383 e. The van der Waals surface area contributed by atoms with E-state index in [1.54, 1.807) is 17.0 Å². The van der Waals surface area contributed by atoms with Gasteiger partial charge in [-0.2, -0.15) is 0 Å². The topological polar surface area (TPSA) is 60.9 Å². The third-order valence-electron chi connectivity index (χ3n) is 4.45. The molecule has 2 amide bonds. The molecule has 136 valence electrons. The molecule has 1 heterocycles. The molecule has 3 rings (SSSR count). The highest BCUT2D eigenvalue weighted by atomic mass is 19.1. The zero-order valence-corrected chi connectivity index (χ0v) is 14.3. The molecule has 0 unspecified atom stereocenters. The van der Waals surface area contributed by atoms with Gasteiger partial charge in [-0.05, 0) is 23.3 Å². The summed E-state index contributed by atoms with van der Waals surface area (Å²) in [4.78, 5) is 27.7. The molecule has 1 fully saturated rings. The van der Waals surface area contributed by atoms with Crippen LogP contribution in [0, 0.1) is 5.82 Å². The van der Waals surface area contributed by atoms with Crippen LogP contribution in [-0.2, 0) is 22.6 Å². The van der Waals surface area contributed by atoms with Gasteiger partial charge in [0, 0.05) is 26.1 Å². The molecule has 1 atom stereocenters. The Morgan fingerprint density at radius 1 is 1.08 bits per heavy atom. The molecular weight excluding hydrogens is 335 g/mol. The highest BCUT2D eigenvalue weighted by Gasteiger charge is 2.30. The van der Waals surface area contributed by atoms with Crippen molar-refractivity contribution < 1.29 is 19.1 Å². The van der Waals surface area contributed by atoms with Crippen molar-refractivity contribution in [2.45, 2.75) is 19.1 Å². The lowest BCUT2D eigenvalue weighted by atomic mass is 10.1. The Kier molecular flexibility index (Phi) is 5.63. The predicted octanol–water partition coefficient (Wildman–Crippen LogP) is 1.60. The number of aliphatic hydroxyl groups is 1. The number of nitrogens with zero attached hydrogens (tertiary/aromatic N) is 2. The molecular formula is C20H21FN2O3. The zero-order valence-electron chi connectivity index (χ0n) is 14.3. The first kappa shape index (κ1) is 18.1. The van der Waals surface area contributed by atoms with Gasteiger partial charge in [0.25, 0.3) is 5.91 Å². The van der Waals surface area contributed by atoms with Gasteiger partial charge in [-0.25, -0.2) is 4.39 Å². The number of amides is 2. The van der Waals surface area contributed by atoms with Crippen molar-refractivity contribution in [1.82, 2.24) is 9.80 Å². The van der Waals surface area contributed by atoms with Crippen molar-refractivity contribution in [3.05, 3.63) is 71.5 Å². The summed E-state index contributed by atoms with van der Waals surface area (Å²) < 4.78 is 13.3. The van der Waals surface area contributed by atoms with Crippen LogP contribution < -0.4 is 0 Å². The second-order valence-corrected chi connectivity index (χ2v) is 6.41. The molecule has 0 radical (unpaired) electrons. The average Bonchev–Trinajstić information content (AvgIpc) is 2.63. The Balaban J connectivity index is 1.56. The molecule has 1 aliphatic rings. The Hall–Kier alpha value is -2.73. The number of hydrogen-bond donors (Lipinski definition) is 1. The van der Waals surface area contributed by atoms with E-state index < -0.39 is 12.0 Å². The molecule has 5 nitrogen and oxygen atoms in total. The molecule has 1 saturated heterocycles. The van der Waals surface area contributed by atoms with Crippen molar-refractivity contribution >= 4 is 11.8 Å². The summed E-state index contributed by atoms with van der Waals surface area (Å²) in [6.07, 6.45) is -0.947. The number of carbonyl (C=O) groups excluding carboxylic acids is 2. The van der Waals surface area contributed by atoms with Crippen LogP contribution >= 0.6 is 0 Å². The van der Waals surface area contributed by atoms with Gasteiger partial charge < -0.3 is 14.9 Å². The smallest absolute Gasteiger partial charge is 0.252 e. The standard InChI is InChI=1S/C20H21FN2O3/c21-17-8-4-7-16(11-17)13-22-9-10-23(14-19(22)25)20(26)18(24)12-15-5-2-1-3-6-15/h1-8,11,18,24H,9-10,12-14H2/t18-/m0/s1. The first-order valence-electron chi connectivity index (χ1n) is 8.56. The Morgan fingerprint density at radius 2 is 1.81 bits per heavy atom. The van der Waals surface area contributed by atoms with E-state index >= 15 is 0 Å². The van der Waals surface area contributed by atoms with E-state index in [0.717, 1.165) is 5.56 Å². The summed E-state index contributed by atoms with van der Waals surface area (Å²) in [7, 11) is 0. The van der Waals surface area contributed by atoms with E-state index in [2.05, 4.69) is 0 Å². The van der Waals surface area contributed by atoms with Gasteiger partial charge in [0.15, 0.2) is 0 Å². The molecule has 26 heavy (non-hydrogen) atoms. The average molecular weight is 356 g/mol. The lowest BCUT2D eigenvalue weighted by molar-refractivity contribution is -0.150. The van der Waals surface area contributed by atoms with Crippen molar-refractivity contribution in [3.63, 3.8) is 0 Å². The fraction of sp³-hybridized carbons (Fsp3) is 0.300. The first-order valence-corrected chi connectivity index (χ1v) is 8.56. The zero-order chi connectivity index (χ0) is 18.5. The van der Waals surface area contributed by atoms with Crippen LogP contribution in [0.4, 0.5) is 4.39 Å². The van der Waals surface area contributed by atoms with Gasteiger partial charge in [0.05, 0.1) is 6.54 Å². The minimum atomic E-state index is -1.17. The molecule has 0 saturated carbocycles. The molecule has 6 heteroatoms. The number of rotatable bonds is 5. The van der Waals surface area contributed by atoms with Crippen LogP contribution in [0.1, 0.15) is 11.1 Å². The van der Waals surface area contributed by atoms with Crippen molar-refractivity contribution in [2.24, 2.45) is 0 Å². The van der Waals surface area contributed by atoms with Crippen LogP contribution in [0.15, 0.2) is 54.6 Å². The van der Waals surface area contributed by atoms with Crippen molar-refractivity contribution in [3.8, 4) is 0 Å². The van der Waals surface area contributed by atoms with Crippen molar-refractivity contribution in [2.75, 3.05) is 19.6 Å². The van der Waals surface area contributed by atoms with E-state index in [1.165, 1.54) is 17.0 Å². The minimum absolute atomic E-state index is 0.0694. The maximum atomic E-state index is 13.3. The maximum absolute atomic E-state index is 13.3. The summed E-state index contributed by atoms with van der Waals surface area (Å²) >= 11 is 0. The minimum Gasteiger partial charge on any atom is -0.383 e. The van der Waals surface area contributed by atoms with Gasteiger partial charge in [0.2, 0.25) is 5.91 Å². The SMILES string of the molecule is O=C1CN(C(=O)[C@@H](O)Cc2ccccc2)CCN1Cc1cccc(F)c1. The molecule has 0 bridgehead atoms. The Labute approximate surface area is 151 Å². The molecule has 1 aliphatic heterocycles. The van der Waals surface area contributed by atoms with E-state index in [4.69, 9.17) is 0 Å². The van der Waals surface area contributed by atoms with Crippen LogP contribution in [0.5, 0.6) is 0 Å². The van der Waals surface area contributed by atoms with E-state index in [1.807, 2.05) is 30.3 Å². The monoisotopic (exact) mass is 356 g/mol. The first-order chi connectivity index (χ1) is 12.5. The summed E-state index contributed by atoms with van der Waals surface area (Å²) in [6.45, 7) is 0.954. The normalized spacial score (nSPS) is 15.8. The Morgan fingerprint density at radius 3 is 2.50 bits per heavy atom. The summed E-state index contributed by atoms with van der Waals surface area (Å²) in [5.41, 5.74) is 1.58. The van der Waals surface area contributed by atoms with Crippen LogP contribution in [0.25, 0.3) is 0 Å². The van der Waals surface area contributed by atoms with E-state index in [-0.39, 0.29) is 24.7 Å². The second-order valence-electron chi connectivity index (χ2n) is 6.41. The van der Waals surface area contributed by atoms with Crippen LogP contribution in [-0.4, -0.2) is 52.5 Å². The number of carbonyl (C=O) groups is 2. The molecule has 0 aliphatic carbocycles. The number of piperazine rings is 1.